The van der Waals surface area contributed by atoms with E-state index in [1.54, 1.807) is 0 Å². The number of aliphatic hydroxyl groups is 1. The molecule has 1 amide bonds. The Morgan fingerprint density at radius 3 is 2.79 bits per heavy atom. The highest BCUT2D eigenvalue weighted by Crippen LogP contribution is 2.30. The number of halogens is 2. The highest BCUT2D eigenvalue weighted by atomic mass is 79.9. The van der Waals surface area contributed by atoms with Gasteiger partial charge in [-0.05, 0) is 34.5 Å². The van der Waals surface area contributed by atoms with Crippen LogP contribution in [0.15, 0.2) is 16.6 Å². The van der Waals surface area contributed by atoms with Crippen LogP contribution in [0, 0.1) is 5.82 Å². The number of hydrogen-bond donors (Lipinski definition) is 2. The molecule has 1 aliphatic heterocycles. The molecule has 104 valence electrons. The Kier molecular flexibility index (Phi) is 3.82. The normalized spacial score (nSPS) is 17.2. The van der Waals surface area contributed by atoms with Gasteiger partial charge in [0.05, 0.1) is 29.9 Å². The Morgan fingerprint density at radius 1 is 1.58 bits per heavy atom. The number of β-amino-alcohol motifs (C(OH)–C–C–N with tert-alkyl or cyclic N) is 1. The van der Waals surface area contributed by atoms with Crippen LogP contribution in [0.2, 0.25) is 0 Å². The van der Waals surface area contributed by atoms with E-state index >= 15 is 0 Å². The van der Waals surface area contributed by atoms with Crippen LogP contribution in [0.3, 0.4) is 0 Å². The monoisotopic (exact) mass is 330 g/mol. The number of hydrogen-bond acceptors (Lipinski definition) is 3. The zero-order valence-corrected chi connectivity index (χ0v) is 12.2. The Morgan fingerprint density at radius 2 is 2.21 bits per heavy atom. The zero-order chi connectivity index (χ0) is 14.2. The van der Waals surface area contributed by atoms with Crippen molar-refractivity contribution in [1.82, 2.24) is 4.90 Å². The zero-order valence-electron chi connectivity index (χ0n) is 10.6. The topological polar surface area (TPSA) is 66.6 Å². The minimum Gasteiger partial charge on any atom is -0.396 e. The quantitative estimate of drug-likeness (QED) is 0.834. The smallest absolute Gasteiger partial charge is 0.255 e. The van der Waals surface area contributed by atoms with Gasteiger partial charge in [-0.3, -0.25) is 4.79 Å². The third-order valence-electron chi connectivity index (χ3n) is 3.29. The van der Waals surface area contributed by atoms with Crippen LogP contribution in [0.1, 0.15) is 30.1 Å². The van der Waals surface area contributed by atoms with Crippen molar-refractivity contribution < 1.29 is 14.3 Å². The fourth-order valence-electron chi connectivity index (χ4n) is 2.33. The summed E-state index contributed by atoms with van der Waals surface area (Å²) in [6.45, 7) is 2.60. The van der Waals surface area contributed by atoms with Crippen molar-refractivity contribution in [2.75, 3.05) is 18.8 Å². The first-order valence-electron chi connectivity index (χ1n) is 6.12. The third-order valence-corrected chi connectivity index (χ3v) is 3.95. The standard InChI is InChI=1S/C13H16BrFN2O2/c1-2-3-13(19)6-17(7-13)12(18)8-4-11(16)10(15)5-9(8)14/h4-5,19H,2-3,6-7,16H2,1H3. The van der Waals surface area contributed by atoms with Crippen LogP contribution in [-0.2, 0) is 0 Å². The molecule has 0 aliphatic carbocycles. The summed E-state index contributed by atoms with van der Waals surface area (Å²) in [7, 11) is 0. The molecule has 1 fully saturated rings. The van der Waals surface area contributed by atoms with E-state index in [1.165, 1.54) is 17.0 Å². The molecule has 0 bridgehead atoms. The second-order valence-corrected chi connectivity index (χ2v) is 5.84. The predicted molar refractivity (Wildman–Crippen MR) is 74.3 cm³/mol. The van der Waals surface area contributed by atoms with E-state index in [0.717, 1.165) is 6.42 Å². The Hall–Kier alpha value is -1.14. The molecule has 0 saturated carbocycles. The summed E-state index contributed by atoms with van der Waals surface area (Å²) in [6, 6.07) is 2.50. The van der Waals surface area contributed by atoms with Gasteiger partial charge >= 0.3 is 0 Å². The number of rotatable bonds is 3. The van der Waals surface area contributed by atoms with Crippen LogP contribution in [-0.4, -0.2) is 34.6 Å². The molecule has 2 rings (SSSR count). The third kappa shape index (κ3) is 2.74. The van der Waals surface area contributed by atoms with Crippen molar-refractivity contribution in [1.29, 1.82) is 0 Å². The minimum atomic E-state index is -0.775. The number of benzene rings is 1. The molecular weight excluding hydrogens is 315 g/mol. The number of likely N-dealkylation sites (tertiary alicyclic amines) is 1. The van der Waals surface area contributed by atoms with Crippen LogP contribution < -0.4 is 5.73 Å². The lowest BCUT2D eigenvalue weighted by Gasteiger charge is -2.46. The Bertz CT molecular complexity index is 516. The van der Waals surface area contributed by atoms with Gasteiger partial charge in [-0.2, -0.15) is 0 Å². The number of nitrogen functional groups attached to an aromatic ring is 1. The average molecular weight is 331 g/mol. The van der Waals surface area contributed by atoms with Crippen molar-refractivity contribution in [3.8, 4) is 0 Å². The minimum absolute atomic E-state index is 0.0594. The molecule has 1 saturated heterocycles. The van der Waals surface area contributed by atoms with Gasteiger partial charge in [0, 0.05) is 4.47 Å². The van der Waals surface area contributed by atoms with Crippen molar-refractivity contribution in [2.24, 2.45) is 0 Å². The van der Waals surface area contributed by atoms with E-state index < -0.39 is 11.4 Å². The molecule has 1 aliphatic rings. The maximum Gasteiger partial charge on any atom is 0.255 e. The lowest BCUT2D eigenvalue weighted by atomic mass is 9.88. The second kappa shape index (κ2) is 5.09. The lowest BCUT2D eigenvalue weighted by Crippen LogP contribution is -2.63. The summed E-state index contributed by atoms with van der Waals surface area (Å²) < 4.78 is 13.6. The highest BCUT2D eigenvalue weighted by Gasteiger charge is 2.43. The van der Waals surface area contributed by atoms with E-state index in [2.05, 4.69) is 15.9 Å². The summed E-state index contributed by atoms with van der Waals surface area (Å²) in [6.07, 6.45) is 1.54. The van der Waals surface area contributed by atoms with E-state index in [9.17, 15) is 14.3 Å². The highest BCUT2D eigenvalue weighted by molar-refractivity contribution is 9.10. The van der Waals surface area contributed by atoms with Gasteiger partial charge < -0.3 is 15.7 Å². The first-order chi connectivity index (χ1) is 8.86. The number of anilines is 1. The summed E-state index contributed by atoms with van der Waals surface area (Å²) in [4.78, 5) is 13.7. The molecule has 1 aromatic rings. The predicted octanol–water partition coefficient (Wildman–Crippen LogP) is 2.16. The van der Waals surface area contributed by atoms with Gasteiger partial charge in [-0.15, -0.1) is 0 Å². The molecule has 6 heteroatoms. The molecule has 4 nitrogen and oxygen atoms in total. The second-order valence-electron chi connectivity index (χ2n) is 4.99. The van der Waals surface area contributed by atoms with Crippen molar-refractivity contribution in [3.05, 3.63) is 28.0 Å². The summed E-state index contributed by atoms with van der Waals surface area (Å²) in [5.41, 5.74) is 4.95. The van der Waals surface area contributed by atoms with E-state index in [0.29, 0.717) is 29.5 Å². The lowest BCUT2D eigenvalue weighted by molar-refractivity contribution is -0.0860. The molecule has 0 aromatic heterocycles. The van der Waals surface area contributed by atoms with Gasteiger partial charge in [-0.1, -0.05) is 13.3 Å². The number of carbonyl (C=O) groups excluding carboxylic acids is 1. The maximum absolute atomic E-state index is 13.2. The number of nitrogens with two attached hydrogens (primary N) is 1. The summed E-state index contributed by atoms with van der Waals surface area (Å²) in [5.74, 6) is -0.811. The average Bonchev–Trinajstić information content (AvgIpc) is 2.30. The Balaban J connectivity index is 2.12. The van der Waals surface area contributed by atoms with Crippen molar-refractivity contribution in [2.45, 2.75) is 25.4 Å². The molecule has 1 aromatic carbocycles. The largest absolute Gasteiger partial charge is 0.396 e. The van der Waals surface area contributed by atoms with Gasteiger partial charge in [0.1, 0.15) is 5.82 Å². The number of nitrogens with zero attached hydrogens (tertiary/aromatic N) is 1. The molecule has 0 radical (unpaired) electrons. The fourth-order valence-corrected chi connectivity index (χ4v) is 2.82. The van der Waals surface area contributed by atoms with E-state index in [4.69, 9.17) is 5.73 Å². The molecule has 0 atom stereocenters. The van der Waals surface area contributed by atoms with Crippen LogP contribution in [0.5, 0.6) is 0 Å². The van der Waals surface area contributed by atoms with Gasteiger partial charge in [-0.25, -0.2) is 4.39 Å². The van der Waals surface area contributed by atoms with E-state index in [-0.39, 0.29) is 11.6 Å². The molecule has 19 heavy (non-hydrogen) atoms. The number of carbonyl (C=O) groups is 1. The molecule has 0 spiro atoms. The first-order valence-corrected chi connectivity index (χ1v) is 6.92. The molecule has 3 N–H and O–H groups in total. The first kappa shape index (κ1) is 14.3. The SMILES string of the molecule is CCCC1(O)CN(C(=O)c2cc(N)c(F)cc2Br)C1. The molecular formula is C13H16BrFN2O2. The molecule has 0 unspecified atom stereocenters. The van der Waals surface area contributed by atoms with Gasteiger partial charge in [0.2, 0.25) is 0 Å². The van der Waals surface area contributed by atoms with Crippen LogP contribution in [0.25, 0.3) is 0 Å². The molecule has 1 heterocycles. The Labute approximate surface area is 119 Å². The number of amides is 1. The van der Waals surface area contributed by atoms with Crippen molar-refractivity contribution >= 4 is 27.5 Å². The fraction of sp³-hybridized carbons (Fsp3) is 0.462. The van der Waals surface area contributed by atoms with Crippen LogP contribution >= 0.6 is 15.9 Å². The van der Waals surface area contributed by atoms with Gasteiger partial charge in [0.15, 0.2) is 0 Å². The van der Waals surface area contributed by atoms with Crippen molar-refractivity contribution in [3.63, 3.8) is 0 Å². The van der Waals surface area contributed by atoms with Crippen LogP contribution in [0.4, 0.5) is 10.1 Å². The maximum atomic E-state index is 13.2. The van der Waals surface area contributed by atoms with Gasteiger partial charge in [0.25, 0.3) is 5.91 Å². The summed E-state index contributed by atoms with van der Waals surface area (Å²) >= 11 is 3.16. The van der Waals surface area contributed by atoms with E-state index in [1.807, 2.05) is 6.92 Å². The summed E-state index contributed by atoms with van der Waals surface area (Å²) in [5, 5.41) is 10.1.